The van der Waals surface area contributed by atoms with Crippen molar-refractivity contribution in [1.29, 1.82) is 0 Å². The van der Waals surface area contributed by atoms with Crippen LogP contribution in [0.25, 0.3) is 0 Å². The number of Topliss-reactive ketones (excluding diaryl/α,β-unsaturated/α-hetero) is 2. The quantitative estimate of drug-likeness (QED) is 0.285. The van der Waals surface area contributed by atoms with Gasteiger partial charge in [-0.25, -0.2) is 0 Å². The van der Waals surface area contributed by atoms with E-state index >= 15 is 0 Å². The van der Waals surface area contributed by atoms with Gasteiger partial charge in [-0.3, -0.25) is 14.9 Å². The average Bonchev–Trinajstić information content (AvgIpc) is 2.64. The molecular weight excluding hydrogens is 435 g/mol. The number of hydrogen-bond donors (Lipinski definition) is 2. The minimum Gasteiger partial charge on any atom is -0.550 e. The van der Waals surface area contributed by atoms with E-state index in [9.17, 15) is 19.5 Å². The van der Waals surface area contributed by atoms with Crippen LogP contribution in [-0.2, 0) is 23.9 Å². The minimum absolute atomic E-state index is 0. The number of rotatable bonds is 15. The van der Waals surface area contributed by atoms with Gasteiger partial charge in [-0.2, -0.15) is 0 Å². The number of aliphatic carboxylic acids is 1. The topological polar surface area (TPSA) is 131 Å². The van der Waals surface area contributed by atoms with Crippen LogP contribution in [0.4, 0.5) is 0 Å². The Morgan fingerprint density at radius 3 is 1.88 bits per heavy atom. The molecule has 0 rings (SSSR count). The van der Waals surface area contributed by atoms with Crippen molar-refractivity contribution in [3.8, 4) is 0 Å². The van der Waals surface area contributed by atoms with Gasteiger partial charge in [0.1, 0.15) is 5.78 Å². The number of ether oxygens (including phenoxy) is 2. The van der Waals surface area contributed by atoms with E-state index in [4.69, 9.17) is 15.2 Å². The second-order valence-corrected chi connectivity index (χ2v) is 10.2. The summed E-state index contributed by atoms with van der Waals surface area (Å²) in [5.74, 6) is -1.60. The summed E-state index contributed by atoms with van der Waals surface area (Å²) < 4.78 is 11.1. The van der Waals surface area contributed by atoms with E-state index in [1.165, 1.54) is 6.92 Å². The molecule has 0 saturated heterocycles. The van der Waals surface area contributed by atoms with Crippen molar-refractivity contribution in [2.24, 2.45) is 11.7 Å². The maximum absolute atomic E-state index is 12.0. The standard InChI is InChI=1S/C13H23NO4.C11H25NO2.Na/c1-8(2)12(18)10(6-7-11(16)17)14-13(4,5)9(3)15;1-10(2,13-5)7-9-14-11(3,4)6-8-12;/h8,10,14H,6-7H2,1-5H3,(H,16,17);6-9,12H2,1-5H3;/q;;+1/p-1. The van der Waals surface area contributed by atoms with Crippen LogP contribution in [0.5, 0.6) is 0 Å². The molecule has 0 aromatic carbocycles. The zero-order valence-corrected chi connectivity index (χ0v) is 24.9. The van der Waals surface area contributed by atoms with E-state index in [1.807, 2.05) is 0 Å². The SMILES string of the molecule is CC(=O)C(C)(C)NC(CCC(=O)[O-])C(=O)C(C)C.COC(C)(C)CCOC(C)(C)CCN.[Na+]. The molecule has 8 nitrogen and oxygen atoms in total. The van der Waals surface area contributed by atoms with E-state index in [1.54, 1.807) is 34.8 Å². The molecular formula is C24H47N2NaO6. The Balaban J connectivity index is -0.000000545. The van der Waals surface area contributed by atoms with Crippen LogP contribution in [0, 0.1) is 5.92 Å². The first-order chi connectivity index (χ1) is 14.4. The maximum atomic E-state index is 12.0. The van der Waals surface area contributed by atoms with Crippen molar-refractivity contribution in [2.75, 3.05) is 20.3 Å². The van der Waals surface area contributed by atoms with Gasteiger partial charge >= 0.3 is 29.6 Å². The molecule has 33 heavy (non-hydrogen) atoms. The summed E-state index contributed by atoms with van der Waals surface area (Å²) in [5.41, 5.74) is 4.44. The largest absolute Gasteiger partial charge is 1.00 e. The smallest absolute Gasteiger partial charge is 0.550 e. The summed E-state index contributed by atoms with van der Waals surface area (Å²) in [4.78, 5) is 33.9. The van der Waals surface area contributed by atoms with Crippen LogP contribution < -0.4 is 45.7 Å². The average molecular weight is 483 g/mol. The minimum atomic E-state index is -1.20. The van der Waals surface area contributed by atoms with Crippen molar-refractivity contribution in [2.45, 2.75) is 111 Å². The molecule has 9 heteroatoms. The first-order valence-corrected chi connectivity index (χ1v) is 11.3. The third-order valence-electron chi connectivity index (χ3n) is 5.46. The number of nitrogens with two attached hydrogens (primary N) is 1. The number of carbonyl (C=O) groups is 3. The summed E-state index contributed by atoms with van der Waals surface area (Å²) >= 11 is 0. The molecule has 3 N–H and O–H groups in total. The van der Waals surface area contributed by atoms with E-state index < -0.39 is 17.6 Å². The Bertz CT molecular complexity index is 592. The number of ketones is 2. The molecule has 0 bridgehead atoms. The fourth-order valence-electron chi connectivity index (χ4n) is 2.58. The third kappa shape index (κ3) is 18.6. The number of carbonyl (C=O) groups excluding carboxylic acids is 3. The zero-order chi connectivity index (χ0) is 25.8. The molecule has 0 radical (unpaired) electrons. The summed E-state index contributed by atoms with van der Waals surface area (Å²) in [7, 11) is 1.73. The Morgan fingerprint density at radius 2 is 1.52 bits per heavy atom. The molecule has 1 unspecified atom stereocenters. The molecule has 190 valence electrons. The number of carboxylic acid groups (broad SMARTS) is 1. The number of methoxy groups -OCH3 is 1. The van der Waals surface area contributed by atoms with Gasteiger partial charge in [-0.1, -0.05) is 13.8 Å². The molecule has 0 aliphatic heterocycles. The normalized spacial score (nSPS) is 13.0. The van der Waals surface area contributed by atoms with Crippen LogP contribution in [0.3, 0.4) is 0 Å². The van der Waals surface area contributed by atoms with Crippen LogP contribution in [0.2, 0.25) is 0 Å². The fourth-order valence-corrected chi connectivity index (χ4v) is 2.58. The summed E-state index contributed by atoms with van der Waals surface area (Å²) in [6, 6.07) is -0.637. The predicted octanol–water partition coefficient (Wildman–Crippen LogP) is -0.983. The van der Waals surface area contributed by atoms with Crippen LogP contribution >= 0.6 is 0 Å². The predicted molar refractivity (Wildman–Crippen MR) is 125 cm³/mol. The molecule has 1 atom stereocenters. The summed E-state index contributed by atoms with van der Waals surface area (Å²) in [5, 5.41) is 13.4. The van der Waals surface area contributed by atoms with Gasteiger partial charge in [0.15, 0.2) is 5.78 Å². The maximum Gasteiger partial charge on any atom is 1.00 e. The van der Waals surface area contributed by atoms with E-state index in [-0.39, 0.29) is 71.1 Å². The molecule has 0 heterocycles. The molecule has 0 amide bonds. The first kappa shape index (κ1) is 37.2. The molecule has 0 aliphatic rings. The second-order valence-electron chi connectivity index (χ2n) is 10.2. The molecule has 0 aromatic rings. The number of hydrogen-bond acceptors (Lipinski definition) is 8. The fraction of sp³-hybridized carbons (Fsp3) is 0.875. The Labute approximate surface area is 223 Å². The van der Waals surface area contributed by atoms with Crippen LogP contribution in [-0.4, -0.2) is 60.6 Å². The van der Waals surface area contributed by atoms with Gasteiger partial charge in [0.25, 0.3) is 0 Å². The van der Waals surface area contributed by atoms with Gasteiger partial charge in [-0.15, -0.1) is 0 Å². The van der Waals surface area contributed by atoms with Crippen molar-refractivity contribution in [1.82, 2.24) is 5.32 Å². The van der Waals surface area contributed by atoms with Crippen molar-refractivity contribution in [3.05, 3.63) is 0 Å². The molecule has 0 aliphatic carbocycles. The Morgan fingerprint density at radius 1 is 1.00 bits per heavy atom. The summed E-state index contributed by atoms with van der Waals surface area (Å²) in [6.45, 7) is 17.9. The molecule has 0 spiro atoms. The third-order valence-corrected chi connectivity index (χ3v) is 5.46. The van der Waals surface area contributed by atoms with E-state index in [0.29, 0.717) is 13.2 Å². The monoisotopic (exact) mass is 482 g/mol. The van der Waals surface area contributed by atoms with E-state index in [2.05, 4.69) is 33.0 Å². The molecule has 0 fully saturated rings. The molecule has 0 saturated carbocycles. The molecule has 0 aromatic heterocycles. The van der Waals surface area contributed by atoms with Gasteiger partial charge in [0.2, 0.25) is 0 Å². The number of carboxylic acids is 1. The first-order valence-electron chi connectivity index (χ1n) is 11.3. The van der Waals surface area contributed by atoms with Gasteiger partial charge < -0.3 is 25.1 Å². The zero-order valence-electron chi connectivity index (χ0n) is 22.9. The van der Waals surface area contributed by atoms with Crippen LogP contribution in [0.15, 0.2) is 0 Å². The van der Waals surface area contributed by atoms with Crippen LogP contribution in [0.1, 0.15) is 88.0 Å². The van der Waals surface area contributed by atoms with Crippen molar-refractivity contribution >= 4 is 17.5 Å². The second kappa shape index (κ2) is 17.1. The van der Waals surface area contributed by atoms with E-state index in [0.717, 1.165) is 12.8 Å². The van der Waals surface area contributed by atoms with Gasteiger partial charge in [-0.05, 0) is 80.7 Å². The van der Waals surface area contributed by atoms with Crippen molar-refractivity contribution in [3.63, 3.8) is 0 Å². The van der Waals surface area contributed by atoms with Crippen molar-refractivity contribution < 1.29 is 58.5 Å². The van der Waals surface area contributed by atoms with Gasteiger partial charge in [0.05, 0.1) is 29.4 Å². The Kier molecular flexibility index (Phi) is 19.3. The Hall–Kier alpha value is -0.350. The summed E-state index contributed by atoms with van der Waals surface area (Å²) in [6.07, 6.45) is 1.72. The van der Waals surface area contributed by atoms with Gasteiger partial charge in [0, 0.05) is 19.0 Å². The number of nitrogens with one attached hydrogen (secondary N) is 1.